The molecule has 10 heteroatoms. The molecule has 1 aliphatic heterocycles. The standard InChI is InChI=1S/C22H22N6O4/c29-18-3-1-2-16(12-18)19-20-21(25-22(24-19)26-8-10-32-11-9-26)27(14-23-20)13-15-4-6-17(7-5-15)28(30)31/h1-7,12,14,29-31H,8-11,13H2. The summed E-state index contributed by atoms with van der Waals surface area (Å²) in [5.74, 6) is 0.746. The molecule has 4 aromatic rings. The van der Waals surface area contributed by atoms with Crippen molar-refractivity contribution in [2.24, 2.45) is 0 Å². The first-order chi connectivity index (χ1) is 15.6. The van der Waals surface area contributed by atoms with E-state index in [2.05, 4.69) is 9.88 Å². The molecule has 0 bridgehead atoms. The number of imidazole rings is 1. The first-order valence-electron chi connectivity index (χ1n) is 10.2. The molecular formula is C22H22N6O4. The van der Waals surface area contributed by atoms with Crippen LogP contribution >= 0.6 is 0 Å². The van der Waals surface area contributed by atoms with Gasteiger partial charge in [-0.3, -0.25) is 10.4 Å². The summed E-state index contributed by atoms with van der Waals surface area (Å²) < 4.78 is 7.40. The molecule has 0 radical (unpaired) electrons. The summed E-state index contributed by atoms with van der Waals surface area (Å²) in [7, 11) is 0. The number of benzene rings is 2. The van der Waals surface area contributed by atoms with Crippen LogP contribution in [0.15, 0.2) is 54.9 Å². The molecule has 0 saturated carbocycles. The first-order valence-corrected chi connectivity index (χ1v) is 10.2. The maximum atomic E-state index is 9.99. The minimum absolute atomic E-state index is 0.0831. The van der Waals surface area contributed by atoms with E-state index in [1.165, 1.54) is 0 Å². The number of phenolic OH excluding ortho intramolecular Hbond substituents is 1. The number of anilines is 2. The van der Waals surface area contributed by atoms with Gasteiger partial charge in [-0.1, -0.05) is 24.3 Å². The Kier molecular flexibility index (Phi) is 5.31. The van der Waals surface area contributed by atoms with Crippen LogP contribution in [0.2, 0.25) is 0 Å². The summed E-state index contributed by atoms with van der Waals surface area (Å²) in [6.45, 7) is 3.11. The maximum Gasteiger partial charge on any atom is 0.228 e. The lowest BCUT2D eigenvalue weighted by molar-refractivity contribution is 0.0291. The van der Waals surface area contributed by atoms with Gasteiger partial charge in [0.1, 0.15) is 17.0 Å². The van der Waals surface area contributed by atoms with E-state index in [1.807, 2.05) is 10.6 Å². The summed E-state index contributed by atoms with van der Waals surface area (Å²) in [5, 5.41) is 28.4. The predicted molar refractivity (Wildman–Crippen MR) is 117 cm³/mol. The molecule has 1 fully saturated rings. The van der Waals surface area contributed by atoms with E-state index in [9.17, 15) is 5.11 Å². The average Bonchev–Trinajstić information content (AvgIpc) is 3.22. The summed E-state index contributed by atoms with van der Waals surface area (Å²) >= 11 is 0. The van der Waals surface area contributed by atoms with Crippen molar-refractivity contribution in [3.8, 4) is 17.0 Å². The fourth-order valence-corrected chi connectivity index (χ4v) is 3.74. The molecule has 5 rings (SSSR count). The van der Waals surface area contributed by atoms with E-state index in [0.717, 1.165) is 11.1 Å². The van der Waals surface area contributed by atoms with Crippen LogP contribution in [0.5, 0.6) is 5.75 Å². The quantitative estimate of drug-likeness (QED) is 0.407. The van der Waals surface area contributed by atoms with Gasteiger partial charge in [0.15, 0.2) is 5.65 Å². The van der Waals surface area contributed by atoms with Crippen molar-refractivity contribution < 1.29 is 20.3 Å². The van der Waals surface area contributed by atoms with E-state index in [-0.39, 0.29) is 16.7 Å². The van der Waals surface area contributed by atoms with Crippen molar-refractivity contribution in [1.82, 2.24) is 19.5 Å². The van der Waals surface area contributed by atoms with Crippen molar-refractivity contribution in [3.05, 3.63) is 60.4 Å². The monoisotopic (exact) mass is 434 g/mol. The minimum atomic E-state index is 0.0831. The van der Waals surface area contributed by atoms with Gasteiger partial charge in [0.2, 0.25) is 5.95 Å². The Morgan fingerprint density at radius 3 is 2.50 bits per heavy atom. The third-order valence-corrected chi connectivity index (χ3v) is 5.39. The Hall–Kier alpha value is -3.73. The highest BCUT2D eigenvalue weighted by molar-refractivity contribution is 5.88. The Balaban J connectivity index is 1.59. The molecule has 32 heavy (non-hydrogen) atoms. The molecule has 10 nitrogen and oxygen atoms in total. The lowest BCUT2D eigenvalue weighted by Gasteiger charge is -2.27. The Bertz CT molecular complexity index is 1240. The minimum Gasteiger partial charge on any atom is -0.508 e. The van der Waals surface area contributed by atoms with Gasteiger partial charge in [-0.2, -0.15) is 4.98 Å². The fourth-order valence-electron chi connectivity index (χ4n) is 3.74. The smallest absolute Gasteiger partial charge is 0.228 e. The van der Waals surface area contributed by atoms with Gasteiger partial charge < -0.3 is 19.3 Å². The van der Waals surface area contributed by atoms with Crippen LogP contribution in [0.1, 0.15) is 5.56 Å². The van der Waals surface area contributed by atoms with Crippen LogP contribution in [0, 0.1) is 0 Å². The van der Waals surface area contributed by atoms with Crippen LogP contribution < -0.4 is 10.1 Å². The molecule has 3 heterocycles. The lowest BCUT2D eigenvalue weighted by Crippen LogP contribution is -2.37. The molecule has 0 spiro atoms. The van der Waals surface area contributed by atoms with Crippen molar-refractivity contribution in [2.75, 3.05) is 36.4 Å². The van der Waals surface area contributed by atoms with Gasteiger partial charge in [0.25, 0.3) is 0 Å². The fraction of sp³-hybridized carbons (Fsp3) is 0.227. The molecule has 0 aliphatic carbocycles. The number of nitrogens with zero attached hydrogens (tertiary/aromatic N) is 6. The van der Waals surface area contributed by atoms with Crippen LogP contribution in [-0.4, -0.2) is 61.3 Å². The number of ether oxygens (including phenoxy) is 1. The summed E-state index contributed by atoms with van der Waals surface area (Å²) in [6.07, 6.45) is 1.72. The lowest BCUT2D eigenvalue weighted by atomic mass is 10.1. The molecule has 3 N–H and O–H groups in total. The van der Waals surface area contributed by atoms with Crippen molar-refractivity contribution in [1.29, 1.82) is 0 Å². The van der Waals surface area contributed by atoms with E-state index in [4.69, 9.17) is 25.1 Å². The van der Waals surface area contributed by atoms with Gasteiger partial charge in [-0.25, -0.2) is 9.97 Å². The number of phenols is 1. The molecule has 1 aliphatic rings. The van der Waals surface area contributed by atoms with Gasteiger partial charge >= 0.3 is 0 Å². The van der Waals surface area contributed by atoms with Crippen LogP contribution in [0.3, 0.4) is 0 Å². The normalized spacial score (nSPS) is 14.1. The second-order valence-corrected chi connectivity index (χ2v) is 7.52. The van der Waals surface area contributed by atoms with Crippen molar-refractivity contribution >= 4 is 22.8 Å². The highest BCUT2D eigenvalue weighted by Crippen LogP contribution is 2.30. The third-order valence-electron chi connectivity index (χ3n) is 5.39. The Morgan fingerprint density at radius 2 is 1.78 bits per heavy atom. The Morgan fingerprint density at radius 1 is 1.00 bits per heavy atom. The second-order valence-electron chi connectivity index (χ2n) is 7.52. The molecule has 0 amide bonds. The highest BCUT2D eigenvalue weighted by atomic mass is 16.8. The number of aromatic hydroxyl groups is 1. The zero-order valence-corrected chi connectivity index (χ0v) is 17.2. The number of aromatic nitrogens is 4. The second kappa shape index (κ2) is 8.42. The van der Waals surface area contributed by atoms with E-state index in [1.54, 1.807) is 48.8 Å². The molecule has 1 saturated heterocycles. The van der Waals surface area contributed by atoms with Crippen LogP contribution in [0.25, 0.3) is 22.4 Å². The molecular weight excluding hydrogens is 412 g/mol. The number of morpholine rings is 1. The van der Waals surface area contributed by atoms with Crippen molar-refractivity contribution in [3.63, 3.8) is 0 Å². The van der Waals surface area contributed by atoms with E-state index < -0.39 is 0 Å². The van der Waals surface area contributed by atoms with Gasteiger partial charge in [-0.15, -0.1) is 5.23 Å². The number of hydrogen-bond acceptors (Lipinski definition) is 9. The molecule has 0 atom stereocenters. The number of rotatable bonds is 5. The zero-order valence-electron chi connectivity index (χ0n) is 17.2. The van der Waals surface area contributed by atoms with E-state index in [0.29, 0.717) is 55.7 Å². The largest absolute Gasteiger partial charge is 0.508 e. The maximum absolute atomic E-state index is 9.99. The molecule has 2 aromatic heterocycles. The summed E-state index contributed by atoms with van der Waals surface area (Å²) in [5.41, 5.74) is 3.94. The topological polar surface area (TPSA) is 120 Å². The van der Waals surface area contributed by atoms with Crippen molar-refractivity contribution in [2.45, 2.75) is 6.54 Å². The molecule has 164 valence electrons. The first kappa shape index (κ1) is 20.2. The summed E-state index contributed by atoms with van der Waals surface area (Å²) in [4.78, 5) is 16.3. The van der Waals surface area contributed by atoms with Crippen LogP contribution in [-0.2, 0) is 11.3 Å². The third kappa shape index (κ3) is 3.94. The highest BCUT2D eigenvalue weighted by Gasteiger charge is 2.20. The summed E-state index contributed by atoms with van der Waals surface area (Å²) in [6, 6.07) is 13.8. The van der Waals surface area contributed by atoms with Gasteiger partial charge in [0.05, 0.1) is 31.8 Å². The number of hydrogen-bond donors (Lipinski definition) is 3. The van der Waals surface area contributed by atoms with Gasteiger partial charge in [0, 0.05) is 18.7 Å². The van der Waals surface area contributed by atoms with E-state index >= 15 is 0 Å². The molecule has 0 unspecified atom stereocenters. The van der Waals surface area contributed by atoms with Gasteiger partial charge in [-0.05, 0) is 29.8 Å². The average molecular weight is 434 g/mol. The Labute approximate surface area is 183 Å². The number of fused-ring (bicyclic) bond motifs is 1. The van der Waals surface area contributed by atoms with Crippen LogP contribution in [0.4, 0.5) is 11.6 Å². The predicted octanol–water partition coefficient (Wildman–Crippen LogP) is 2.67. The SMILES string of the molecule is Oc1cccc(-c2nc(N3CCOCC3)nc3c2ncn3Cc2ccc(N(O)O)cc2)c1. The molecule has 2 aromatic carbocycles. The zero-order chi connectivity index (χ0) is 22.1.